The molecule has 2 aliphatic rings. The Hall–Kier alpha value is -4.77. The summed E-state index contributed by atoms with van der Waals surface area (Å²) in [6, 6.07) is 4.79. The van der Waals surface area contributed by atoms with E-state index in [1.165, 1.54) is 47.5 Å². The number of carbonyl (C=O) groups is 4. The Balaban J connectivity index is 1.55. The fourth-order valence-corrected chi connectivity index (χ4v) is 5.59. The molecule has 2 amide bonds. The minimum absolute atomic E-state index is 0.00568. The summed E-state index contributed by atoms with van der Waals surface area (Å²) >= 11 is 2.17. The standard InChI is InChI=1S/C22H18N6O9S2/c23-22-24-12(9-39-22)15(26-37-7-14(29)30)18(31)25-16-19(32)27-17(21(33)34)11(8-38-20(16)27)6-5-10-3-1-2-4-13(10)28(35)36/h1-6,9,16,20H,7-8H2,(H2,23,24)(H,25,31)(H,29,30)(H,33,34)/t16?,20-/m1/s1. The lowest BCUT2D eigenvalue weighted by molar-refractivity contribution is -0.385. The number of nitrogen functional groups attached to an aromatic ring is 1. The molecule has 2 atom stereocenters. The molecule has 1 saturated heterocycles. The average Bonchev–Trinajstić information content (AvgIpc) is 3.33. The maximum atomic E-state index is 13.0. The van der Waals surface area contributed by atoms with Crippen LogP contribution in [0.1, 0.15) is 11.3 Å². The van der Waals surface area contributed by atoms with Gasteiger partial charge in [0.2, 0.25) is 6.61 Å². The molecular formula is C22H18N6O9S2. The lowest BCUT2D eigenvalue weighted by Crippen LogP contribution is -2.71. The number of hydrogen-bond acceptors (Lipinski definition) is 12. The third-order valence-corrected chi connectivity index (χ3v) is 7.38. The summed E-state index contributed by atoms with van der Waals surface area (Å²) in [6.45, 7) is -0.833. The number of aliphatic carboxylic acids is 2. The van der Waals surface area contributed by atoms with E-state index >= 15 is 0 Å². The maximum Gasteiger partial charge on any atom is 0.352 e. The molecule has 0 radical (unpaired) electrons. The highest BCUT2D eigenvalue weighted by Gasteiger charge is 2.54. The Morgan fingerprint density at radius 3 is 2.69 bits per heavy atom. The van der Waals surface area contributed by atoms with Gasteiger partial charge in [0.15, 0.2) is 10.8 Å². The number of nitrogens with zero attached hydrogens (tertiary/aromatic N) is 4. The van der Waals surface area contributed by atoms with E-state index in [1.807, 2.05) is 0 Å². The molecule has 0 saturated carbocycles. The number of amides is 2. The number of nitrogens with one attached hydrogen (secondary N) is 1. The van der Waals surface area contributed by atoms with Crippen LogP contribution in [0.3, 0.4) is 0 Å². The van der Waals surface area contributed by atoms with Gasteiger partial charge in [0, 0.05) is 17.2 Å². The van der Waals surface area contributed by atoms with Crippen LogP contribution in [0.2, 0.25) is 0 Å². The number of nitro benzene ring substituents is 1. The molecule has 1 aromatic carbocycles. The second-order valence-electron chi connectivity index (χ2n) is 7.87. The van der Waals surface area contributed by atoms with Gasteiger partial charge in [-0.25, -0.2) is 14.6 Å². The van der Waals surface area contributed by atoms with Crippen molar-refractivity contribution in [1.82, 2.24) is 15.2 Å². The number of nitrogens with two attached hydrogens (primary N) is 1. The molecule has 1 aromatic heterocycles. The number of hydrogen-bond donors (Lipinski definition) is 4. The number of aromatic nitrogens is 1. The summed E-state index contributed by atoms with van der Waals surface area (Å²) in [6.07, 6.45) is 2.81. The van der Waals surface area contributed by atoms with Crippen LogP contribution >= 0.6 is 23.1 Å². The molecule has 39 heavy (non-hydrogen) atoms. The number of allylic oxidation sites excluding steroid dienone is 1. The first kappa shape index (κ1) is 27.3. The van der Waals surface area contributed by atoms with Crippen molar-refractivity contribution < 1.29 is 39.2 Å². The van der Waals surface area contributed by atoms with Gasteiger partial charge in [-0.2, -0.15) is 0 Å². The number of carboxylic acid groups (broad SMARTS) is 2. The van der Waals surface area contributed by atoms with Gasteiger partial charge in [-0.15, -0.1) is 23.1 Å². The number of carbonyl (C=O) groups excluding carboxylic acids is 2. The van der Waals surface area contributed by atoms with Crippen LogP contribution in [-0.4, -0.2) is 78.3 Å². The summed E-state index contributed by atoms with van der Waals surface area (Å²) in [5.74, 6) is -4.21. The smallest absolute Gasteiger partial charge is 0.352 e. The van der Waals surface area contributed by atoms with Gasteiger partial charge in [-0.05, 0) is 17.7 Å². The Labute approximate surface area is 226 Å². The molecule has 1 unspecified atom stereocenters. The lowest BCUT2D eigenvalue weighted by atomic mass is 10.0. The van der Waals surface area contributed by atoms with Crippen LogP contribution in [0.5, 0.6) is 0 Å². The third-order valence-electron chi connectivity index (χ3n) is 5.41. The number of nitro groups is 1. The minimum Gasteiger partial charge on any atom is -0.479 e. The van der Waals surface area contributed by atoms with Crippen molar-refractivity contribution in [3.05, 3.63) is 68.4 Å². The fraction of sp³-hybridized carbons (Fsp3) is 0.182. The molecule has 17 heteroatoms. The van der Waals surface area contributed by atoms with Crippen molar-refractivity contribution in [3.63, 3.8) is 0 Å². The second-order valence-corrected chi connectivity index (χ2v) is 9.86. The Kier molecular flexibility index (Phi) is 7.91. The normalized spacial score (nSPS) is 18.9. The predicted molar refractivity (Wildman–Crippen MR) is 138 cm³/mol. The molecule has 5 N–H and O–H groups in total. The first-order valence-corrected chi connectivity index (χ1v) is 12.8. The van der Waals surface area contributed by atoms with Crippen LogP contribution in [0, 0.1) is 10.1 Å². The van der Waals surface area contributed by atoms with Gasteiger partial charge < -0.3 is 26.1 Å². The molecule has 15 nitrogen and oxygen atoms in total. The summed E-state index contributed by atoms with van der Waals surface area (Å²) in [7, 11) is 0. The van der Waals surface area contributed by atoms with Crippen molar-refractivity contribution in [3.8, 4) is 0 Å². The molecule has 2 aromatic rings. The van der Waals surface area contributed by atoms with E-state index in [0.717, 1.165) is 16.2 Å². The number of oxime groups is 1. The van der Waals surface area contributed by atoms with Crippen molar-refractivity contribution in [2.45, 2.75) is 11.4 Å². The number of benzene rings is 1. The van der Waals surface area contributed by atoms with E-state index in [-0.39, 0.29) is 39.1 Å². The van der Waals surface area contributed by atoms with E-state index < -0.39 is 52.4 Å². The molecule has 2 aliphatic heterocycles. The highest BCUT2D eigenvalue weighted by atomic mass is 32.2. The zero-order chi connectivity index (χ0) is 28.3. The van der Waals surface area contributed by atoms with Crippen LogP contribution in [0.25, 0.3) is 6.08 Å². The topological polar surface area (TPSA) is 228 Å². The molecule has 202 valence electrons. The number of anilines is 1. The maximum absolute atomic E-state index is 13.0. The van der Waals surface area contributed by atoms with Crippen molar-refractivity contribution >= 4 is 69.5 Å². The zero-order valence-electron chi connectivity index (χ0n) is 19.5. The van der Waals surface area contributed by atoms with E-state index in [1.54, 1.807) is 6.07 Å². The third kappa shape index (κ3) is 5.73. The molecular weight excluding hydrogens is 556 g/mol. The summed E-state index contributed by atoms with van der Waals surface area (Å²) in [4.78, 5) is 69.1. The largest absolute Gasteiger partial charge is 0.479 e. The zero-order valence-corrected chi connectivity index (χ0v) is 21.2. The lowest BCUT2D eigenvalue weighted by Gasteiger charge is -2.49. The molecule has 0 bridgehead atoms. The van der Waals surface area contributed by atoms with Crippen LogP contribution < -0.4 is 11.1 Å². The summed E-state index contributed by atoms with van der Waals surface area (Å²) in [5.41, 5.74) is 5.21. The van der Waals surface area contributed by atoms with Gasteiger partial charge in [-0.1, -0.05) is 23.4 Å². The van der Waals surface area contributed by atoms with E-state index in [0.29, 0.717) is 0 Å². The second kappa shape index (κ2) is 11.3. The van der Waals surface area contributed by atoms with Crippen LogP contribution in [-0.2, 0) is 24.0 Å². The van der Waals surface area contributed by atoms with Crippen molar-refractivity contribution in [2.75, 3.05) is 18.1 Å². The molecule has 3 heterocycles. The van der Waals surface area contributed by atoms with Crippen molar-refractivity contribution in [2.24, 2.45) is 5.16 Å². The van der Waals surface area contributed by atoms with Gasteiger partial charge in [-0.3, -0.25) is 24.6 Å². The Bertz CT molecular complexity index is 1470. The number of para-hydroxylation sites is 1. The summed E-state index contributed by atoms with van der Waals surface area (Å²) < 4.78 is 0. The van der Waals surface area contributed by atoms with Gasteiger partial charge >= 0.3 is 11.9 Å². The number of carboxylic acids is 2. The molecule has 0 spiro atoms. The Morgan fingerprint density at radius 1 is 1.31 bits per heavy atom. The van der Waals surface area contributed by atoms with Gasteiger partial charge in [0.1, 0.15) is 22.8 Å². The highest BCUT2D eigenvalue weighted by molar-refractivity contribution is 8.00. The van der Waals surface area contributed by atoms with Crippen LogP contribution in [0.4, 0.5) is 10.8 Å². The Morgan fingerprint density at radius 2 is 2.05 bits per heavy atom. The molecule has 0 aliphatic carbocycles. The molecule has 1 fully saturated rings. The van der Waals surface area contributed by atoms with Gasteiger partial charge in [0.05, 0.1) is 10.5 Å². The predicted octanol–water partition coefficient (Wildman–Crippen LogP) is 0.891. The highest BCUT2D eigenvalue weighted by Crippen LogP contribution is 2.41. The first-order chi connectivity index (χ1) is 18.6. The quantitative estimate of drug-likeness (QED) is 0.134. The van der Waals surface area contributed by atoms with E-state index in [4.69, 9.17) is 10.8 Å². The SMILES string of the molecule is Nc1nc(C(=NOCC(=O)O)C(=O)NC2C(=O)N3C(C(=O)O)=C(C=Cc4ccccc4[N+](=O)[O-])CS[C@H]23)cs1. The number of thioether (sulfide) groups is 1. The van der Waals surface area contributed by atoms with E-state index in [9.17, 15) is 34.4 Å². The van der Waals surface area contributed by atoms with E-state index in [2.05, 4.69) is 20.3 Å². The van der Waals surface area contributed by atoms with Crippen molar-refractivity contribution in [1.29, 1.82) is 0 Å². The minimum atomic E-state index is -1.39. The number of β-lactam (4-membered cyclic amide) rings is 1. The van der Waals surface area contributed by atoms with Gasteiger partial charge in [0.25, 0.3) is 17.5 Å². The number of rotatable bonds is 10. The average molecular weight is 575 g/mol. The van der Waals surface area contributed by atoms with Crippen LogP contribution in [0.15, 0.2) is 52.1 Å². The first-order valence-electron chi connectivity index (χ1n) is 10.8. The monoisotopic (exact) mass is 574 g/mol. The fourth-order valence-electron chi connectivity index (χ4n) is 3.72. The number of thiazole rings is 1. The molecule has 4 rings (SSSR count). The number of fused-ring (bicyclic) bond motifs is 1. The summed E-state index contributed by atoms with van der Waals surface area (Å²) in [5, 5.41) is 36.6.